The molecule has 0 radical (unpaired) electrons. The first kappa shape index (κ1) is 13.2. The van der Waals surface area contributed by atoms with Gasteiger partial charge in [0.2, 0.25) is 5.88 Å². The summed E-state index contributed by atoms with van der Waals surface area (Å²) < 4.78 is 20.1. The summed E-state index contributed by atoms with van der Waals surface area (Å²) in [6.45, 7) is 7.80. The molecule has 2 rings (SSSR count). The van der Waals surface area contributed by atoms with Crippen molar-refractivity contribution in [1.29, 1.82) is 0 Å². The highest BCUT2D eigenvalue weighted by Crippen LogP contribution is 2.33. The fraction of sp³-hybridized carbons (Fsp3) is 0.692. The van der Waals surface area contributed by atoms with Gasteiger partial charge >= 0.3 is 0 Å². The van der Waals surface area contributed by atoms with Crippen LogP contribution in [0.2, 0.25) is 0 Å². The van der Waals surface area contributed by atoms with Gasteiger partial charge in [0.25, 0.3) is 0 Å². The van der Waals surface area contributed by atoms with Gasteiger partial charge in [0.05, 0.1) is 0 Å². The lowest BCUT2D eigenvalue weighted by Gasteiger charge is -2.48. The lowest BCUT2D eigenvalue weighted by Crippen LogP contribution is -2.66. The van der Waals surface area contributed by atoms with Crippen molar-refractivity contribution < 1.29 is 9.13 Å². The zero-order valence-corrected chi connectivity index (χ0v) is 11.3. The van der Waals surface area contributed by atoms with Crippen LogP contribution < -0.4 is 10.1 Å². The second kappa shape index (κ2) is 4.46. The summed E-state index contributed by atoms with van der Waals surface area (Å²) in [5.74, 6) is 0.374. The number of nitrogens with one attached hydrogen (secondary N) is 1. The Morgan fingerprint density at radius 1 is 1.39 bits per heavy atom. The molecule has 100 valence electrons. The molecular weight excluding hydrogens is 233 g/mol. The summed E-state index contributed by atoms with van der Waals surface area (Å²) in [7, 11) is 0. The van der Waals surface area contributed by atoms with Crippen molar-refractivity contribution in [3.63, 3.8) is 0 Å². The molecule has 2 heterocycles. The maximum absolute atomic E-state index is 14.4. The predicted molar refractivity (Wildman–Crippen MR) is 67.3 cm³/mol. The Morgan fingerprint density at radius 2 is 2.11 bits per heavy atom. The monoisotopic (exact) mass is 253 g/mol. The molecule has 0 saturated carbocycles. The number of ether oxygens (including phenoxy) is 1. The van der Waals surface area contributed by atoms with Crippen LogP contribution in [0.3, 0.4) is 0 Å². The molecule has 0 aliphatic carbocycles. The third-order valence-corrected chi connectivity index (χ3v) is 3.21. The molecule has 0 spiro atoms. The number of alkyl halides is 1. The highest BCUT2D eigenvalue weighted by molar-refractivity contribution is 5.10. The Balaban J connectivity index is 2.16. The van der Waals surface area contributed by atoms with Crippen molar-refractivity contribution in [1.82, 2.24) is 15.5 Å². The van der Waals surface area contributed by atoms with Gasteiger partial charge < -0.3 is 10.1 Å². The van der Waals surface area contributed by atoms with Gasteiger partial charge in [0.15, 0.2) is 6.17 Å². The van der Waals surface area contributed by atoms with Gasteiger partial charge in [-0.2, -0.15) is 5.10 Å². The molecule has 0 aromatic carbocycles. The van der Waals surface area contributed by atoms with E-state index in [2.05, 4.69) is 15.5 Å². The van der Waals surface area contributed by atoms with Crippen LogP contribution in [0.25, 0.3) is 0 Å². The Bertz CT molecular complexity index is 408. The zero-order valence-electron chi connectivity index (χ0n) is 11.3. The van der Waals surface area contributed by atoms with Crippen LogP contribution >= 0.6 is 0 Å². The summed E-state index contributed by atoms with van der Waals surface area (Å²) >= 11 is 0. The molecule has 18 heavy (non-hydrogen) atoms. The molecule has 1 aliphatic rings. The molecule has 1 saturated heterocycles. The summed E-state index contributed by atoms with van der Waals surface area (Å²) in [6.07, 6.45) is 0.560. The maximum atomic E-state index is 14.4. The van der Waals surface area contributed by atoms with E-state index in [9.17, 15) is 4.39 Å². The number of nitrogens with zero attached hydrogens (tertiary/aromatic N) is 2. The number of rotatable bonds is 2. The van der Waals surface area contributed by atoms with E-state index in [-0.39, 0.29) is 5.54 Å². The standard InChI is InChI=1S/C13H20FN3O/c1-12(2)8-9(11(14)13(3,4)17-12)18-10-6-5-7-15-16-10/h5-7,9,11,17H,8H2,1-4H3/t9-,11-/m0/s1. The maximum Gasteiger partial charge on any atom is 0.233 e. The highest BCUT2D eigenvalue weighted by Gasteiger charge is 2.47. The predicted octanol–water partition coefficient (Wildman–Crippen LogP) is 2.11. The lowest BCUT2D eigenvalue weighted by molar-refractivity contribution is -0.0281. The van der Waals surface area contributed by atoms with Crippen LogP contribution in [-0.4, -0.2) is 33.6 Å². The summed E-state index contributed by atoms with van der Waals surface area (Å²) in [5, 5.41) is 10.9. The first-order valence-corrected chi connectivity index (χ1v) is 6.18. The molecule has 1 N–H and O–H groups in total. The number of hydrogen-bond acceptors (Lipinski definition) is 4. The van der Waals surface area contributed by atoms with Crippen molar-refractivity contribution >= 4 is 0 Å². The van der Waals surface area contributed by atoms with Crippen molar-refractivity contribution in [2.24, 2.45) is 0 Å². The molecule has 1 aromatic rings. The molecule has 1 aliphatic heterocycles. The molecule has 5 heteroatoms. The molecule has 4 nitrogen and oxygen atoms in total. The summed E-state index contributed by atoms with van der Waals surface area (Å²) in [5.41, 5.74) is -0.784. The zero-order chi connectivity index (χ0) is 13.4. The fourth-order valence-corrected chi connectivity index (χ4v) is 2.67. The number of hydrogen-bond donors (Lipinski definition) is 1. The van der Waals surface area contributed by atoms with Crippen LogP contribution in [0, 0.1) is 0 Å². The third-order valence-electron chi connectivity index (χ3n) is 3.21. The van der Waals surface area contributed by atoms with Crippen molar-refractivity contribution in [3.05, 3.63) is 18.3 Å². The van der Waals surface area contributed by atoms with Gasteiger partial charge in [-0.3, -0.25) is 0 Å². The van der Waals surface area contributed by atoms with E-state index in [1.54, 1.807) is 18.3 Å². The fourth-order valence-electron chi connectivity index (χ4n) is 2.67. The average Bonchev–Trinajstić information content (AvgIpc) is 2.25. The molecule has 2 atom stereocenters. The van der Waals surface area contributed by atoms with Crippen LogP contribution in [0.15, 0.2) is 18.3 Å². The lowest BCUT2D eigenvalue weighted by atomic mass is 9.79. The summed E-state index contributed by atoms with van der Waals surface area (Å²) in [4.78, 5) is 0. The average molecular weight is 253 g/mol. The minimum atomic E-state index is -1.09. The molecule has 1 fully saturated rings. The Labute approximate surface area is 107 Å². The second-order valence-corrected chi connectivity index (χ2v) is 6.05. The van der Waals surface area contributed by atoms with E-state index in [1.807, 2.05) is 27.7 Å². The minimum Gasteiger partial charge on any atom is -0.470 e. The van der Waals surface area contributed by atoms with Crippen molar-refractivity contribution in [3.8, 4) is 5.88 Å². The normalized spacial score (nSPS) is 29.8. The van der Waals surface area contributed by atoms with E-state index in [4.69, 9.17) is 4.74 Å². The van der Waals surface area contributed by atoms with Crippen LogP contribution in [0.1, 0.15) is 34.1 Å². The first-order valence-electron chi connectivity index (χ1n) is 6.18. The number of halogens is 1. The molecule has 0 amide bonds. The van der Waals surface area contributed by atoms with E-state index in [0.29, 0.717) is 12.3 Å². The van der Waals surface area contributed by atoms with E-state index in [1.165, 1.54) is 0 Å². The molecular formula is C13H20FN3O. The molecule has 0 unspecified atom stereocenters. The van der Waals surface area contributed by atoms with Gasteiger partial charge in [-0.1, -0.05) is 0 Å². The van der Waals surface area contributed by atoms with Crippen LogP contribution in [-0.2, 0) is 0 Å². The second-order valence-electron chi connectivity index (χ2n) is 6.05. The van der Waals surface area contributed by atoms with Crippen LogP contribution in [0.4, 0.5) is 4.39 Å². The first-order chi connectivity index (χ1) is 8.30. The van der Waals surface area contributed by atoms with Crippen molar-refractivity contribution in [2.45, 2.75) is 57.5 Å². The highest BCUT2D eigenvalue weighted by atomic mass is 19.1. The van der Waals surface area contributed by atoms with E-state index >= 15 is 0 Å². The largest absolute Gasteiger partial charge is 0.470 e. The van der Waals surface area contributed by atoms with Gasteiger partial charge in [0.1, 0.15) is 6.10 Å². The number of aromatic nitrogens is 2. The van der Waals surface area contributed by atoms with Gasteiger partial charge in [-0.05, 0) is 33.8 Å². The van der Waals surface area contributed by atoms with Crippen molar-refractivity contribution in [2.75, 3.05) is 0 Å². The summed E-state index contributed by atoms with van der Waals surface area (Å²) in [6, 6.07) is 3.43. The van der Waals surface area contributed by atoms with E-state index < -0.39 is 17.8 Å². The topological polar surface area (TPSA) is 47.0 Å². The Kier molecular flexibility index (Phi) is 3.27. The minimum absolute atomic E-state index is 0.168. The SMILES string of the molecule is CC1(C)C[C@H](Oc2cccnn2)[C@H](F)C(C)(C)N1. The van der Waals surface area contributed by atoms with Gasteiger partial charge in [0, 0.05) is 29.8 Å². The van der Waals surface area contributed by atoms with Gasteiger partial charge in [-0.15, -0.1) is 5.10 Å². The third kappa shape index (κ3) is 2.77. The van der Waals surface area contributed by atoms with Crippen LogP contribution in [0.5, 0.6) is 5.88 Å². The molecule has 0 bridgehead atoms. The van der Waals surface area contributed by atoms with E-state index in [0.717, 1.165) is 0 Å². The van der Waals surface area contributed by atoms with Gasteiger partial charge in [-0.25, -0.2) is 4.39 Å². The smallest absolute Gasteiger partial charge is 0.233 e. The Hall–Kier alpha value is -1.23. The quantitative estimate of drug-likeness (QED) is 0.877. The number of piperidine rings is 1. The Morgan fingerprint density at radius 3 is 2.72 bits per heavy atom. The molecule has 1 aromatic heterocycles.